The van der Waals surface area contributed by atoms with Crippen LogP contribution in [0.2, 0.25) is 0 Å². The highest BCUT2D eigenvalue weighted by Gasteiger charge is 2.32. The fourth-order valence-corrected chi connectivity index (χ4v) is 2.93. The average molecular weight is 295 g/mol. The van der Waals surface area contributed by atoms with Crippen molar-refractivity contribution in [1.29, 1.82) is 0 Å². The van der Waals surface area contributed by atoms with E-state index in [4.69, 9.17) is 0 Å². The minimum atomic E-state index is -0.487. The minimum absolute atomic E-state index is 0.0128. The van der Waals surface area contributed by atoms with Crippen LogP contribution in [0, 0.1) is 5.92 Å². The summed E-state index contributed by atoms with van der Waals surface area (Å²) in [6.45, 7) is 5.63. The molecule has 0 bridgehead atoms. The Morgan fingerprint density at radius 1 is 1.33 bits per heavy atom. The number of hydrogen-bond donors (Lipinski definition) is 2. The van der Waals surface area contributed by atoms with Gasteiger partial charge in [-0.15, -0.1) is 0 Å². The molecule has 0 unspecified atom stereocenters. The van der Waals surface area contributed by atoms with Crippen LogP contribution in [0.1, 0.15) is 46.0 Å². The Balaban J connectivity index is 1.96. The second-order valence-corrected chi connectivity index (χ2v) is 6.38. The summed E-state index contributed by atoms with van der Waals surface area (Å²) in [6.07, 6.45) is 3.59. The van der Waals surface area contributed by atoms with E-state index in [1.54, 1.807) is 0 Å². The number of carbonyl (C=O) groups excluding carboxylic acids is 3. The molecule has 0 aromatic rings. The Labute approximate surface area is 125 Å². The zero-order valence-electron chi connectivity index (χ0n) is 12.9. The molecular formula is C15H25N3O3. The standard InChI is InChI=1S/C15H25N3O3/c1-10(2)9-12(15(21)18-7-3-4-8-18)17-14(20)11-5-6-13(19)16-11/h10-12H,3-9H2,1-2H3,(H,16,19)(H,17,20)/t11-,12-/m0/s1. The highest BCUT2D eigenvalue weighted by molar-refractivity contribution is 5.94. The van der Waals surface area contributed by atoms with Crippen LogP contribution < -0.4 is 10.6 Å². The van der Waals surface area contributed by atoms with E-state index in [9.17, 15) is 14.4 Å². The second-order valence-electron chi connectivity index (χ2n) is 6.38. The summed E-state index contributed by atoms with van der Waals surface area (Å²) in [5.74, 6) is -0.000582. The second kappa shape index (κ2) is 6.91. The molecule has 0 radical (unpaired) electrons. The lowest BCUT2D eigenvalue weighted by Crippen LogP contribution is -2.52. The Morgan fingerprint density at radius 2 is 2.00 bits per heavy atom. The van der Waals surface area contributed by atoms with Gasteiger partial charge in [-0.25, -0.2) is 0 Å². The summed E-state index contributed by atoms with van der Waals surface area (Å²) in [5.41, 5.74) is 0. The topological polar surface area (TPSA) is 78.5 Å². The van der Waals surface area contributed by atoms with Crippen molar-refractivity contribution in [3.05, 3.63) is 0 Å². The predicted molar refractivity (Wildman–Crippen MR) is 78.4 cm³/mol. The van der Waals surface area contributed by atoms with Crippen molar-refractivity contribution < 1.29 is 14.4 Å². The lowest BCUT2D eigenvalue weighted by molar-refractivity contribution is -0.136. The highest BCUT2D eigenvalue weighted by atomic mass is 16.2. The summed E-state index contributed by atoms with van der Waals surface area (Å²) in [6, 6.07) is -0.966. The molecule has 2 saturated heterocycles. The Bertz CT molecular complexity index is 416. The van der Waals surface area contributed by atoms with Gasteiger partial charge < -0.3 is 15.5 Å². The fraction of sp³-hybridized carbons (Fsp3) is 0.800. The quantitative estimate of drug-likeness (QED) is 0.771. The fourth-order valence-electron chi connectivity index (χ4n) is 2.93. The van der Waals surface area contributed by atoms with Crippen molar-refractivity contribution >= 4 is 17.7 Å². The van der Waals surface area contributed by atoms with Crippen LogP contribution in [0.4, 0.5) is 0 Å². The molecule has 0 aliphatic carbocycles. The molecule has 3 amide bonds. The van der Waals surface area contributed by atoms with Gasteiger partial charge in [-0.05, 0) is 31.6 Å². The third kappa shape index (κ3) is 4.19. The van der Waals surface area contributed by atoms with Crippen molar-refractivity contribution in [2.45, 2.75) is 58.0 Å². The van der Waals surface area contributed by atoms with Crippen LogP contribution in [0.25, 0.3) is 0 Å². The molecule has 2 fully saturated rings. The maximum absolute atomic E-state index is 12.5. The van der Waals surface area contributed by atoms with E-state index in [-0.39, 0.29) is 17.7 Å². The van der Waals surface area contributed by atoms with Gasteiger partial charge in [0.25, 0.3) is 0 Å². The molecule has 118 valence electrons. The molecule has 0 saturated carbocycles. The molecular weight excluding hydrogens is 270 g/mol. The molecule has 6 nitrogen and oxygen atoms in total. The van der Waals surface area contributed by atoms with Crippen molar-refractivity contribution in [2.24, 2.45) is 5.92 Å². The molecule has 2 atom stereocenters. The molecule has 2 rings (SSSR count). The maximum Gasteiger partial charge on any atom is 0.245 e. The number of likely N-dealkylation sites (tertiary alicyclic amines) is 1. The van der Waals surface area contributed by atoms with Crippen LogP contribution in [-0.2, 0) is 14.4 Å². The van der Waals surface area contributed by atoms with Gasteiger partial charge in [0.15, 0.2) is 0 Å². The van der Waals surface area contributed by atoms with Gasteiger partial charge in [0, 0.05) is 19.5 Å². The molecule has 6 heteroatoms. The zero-order valence-corrected chi connectivity index (χ0v) is 12.9. The van der Waals surface area contributed by atoms with Gasteiger partial charge >= 0.3 is 0 Å². The van der Waals surface area contributed by atoms with Crippen molar-refractivity contribution in [2.75, 3.05) is 13.1 Å². The molecule has 0 aromatic carbocycles. The lowest BCUT2D eigenvalue weighted by Gasteiger charge is -2.26. The molecule has 2 aliphatic rings. The van der Waals surface area contributed by atoms with Gasteiger partial charge in [-0.2, -0.15) is 0 Å². The molecule has 2 aliphatic heterocycles. The first-order chi connectivity index (χ1) is 9.97. The van der Waals surface area contributed by atoms with E-state index in [0.29, 0.717) is 25.2 Å². The molecule has 2 N–H and O–H groups in total. The van der Waals surface area contributed by atoms with Crippen LogP contribution >= 0.6 is 0 Å². The Kier molecular flexibility index (Phi) is 5.20. The molecule has 0 aromatic heterocycles. The number of hydrogen-bond acceptors (Lipinski definition) is 3. The largest absolute Gasteiger partial charge is 0.344 e. The summed E-state index contributed by atoms with van der Waals surface area (Å²) >= 11 is 0. The lowest BCUT2D eigenvalue weighted by atomic mass is 10.0. The van der Waals surface area contributed by atoms with Crippen LogP contribution in [0.3, 0.4) is 0 Å². The van der Waals surface area contributed by atoms with E-state index in [1.165, 1.54) is 0 Å². The Morgan fingerprint density at radius 3 is 2.52 bits per heavy atom. The van der Waals surface area contributed by atoms with Crippen LogP contribution in [0.5, 0.6) is 0 Å². The van der Waals surface area contributed by atoms with E-state index in [1.807, 2.05) is 18.7 Å². The summed E-state index contributed by atoms with van der Waals surface area (Å²) in [4.78, 5) is 37.8. The zero-order chi connectivity index (χ0) is 15.4. The first-order valence-corrected chi connectivity index (χ1v) is 7.86. The summed E-state index contributed by atoms with van der Waals surface area (Å²) in [7, 11) is 0. The van der Waals surface area contributed by atoms with Crippen LogP contribution in [0.15, 0.2) is 0 Å². The molecule has 0 spiro atoms. The maximum atomic E-state index is 12.5. The van der Waals surface area contributed by atoms with Gasteiger partial charge in [0.05, 0.1) is 0 Å². The van der Waals surface area contributed by atoms with Crippen molar-refractivity contribution in [1.82, 2.24) is 15.5 Å². The molecule has 2 heterocycles. The normalized spacial score (nSPS) is 23.3. The number of carbonyl (C=O) groups is 3. The molecule has 21 heavy (non-hydrogen) atoms. The van der Waals surface area contributed by atoms with Gasteiger partial charge in [-0.1, -0.05) is 13.8 Å². The highest BCUT2D eigenvalue weighted by Crippen LogP contribution is 2.14. The van der Waals surface area contributed by atoms with Crippen LogP contribution in [-0.4, -0.2) is 47.8 Å². The van der Waals surface area contributed by atoms with Gasteiger partial charge in [0.2, 0.25) is 17.7 Å². The first-order valence-electron chi connectivity index (χ1n) is 7.86. The summed E-state index contributed by atoms with van der Waals surface area (Å²) in [5, 5.41) is 5.49. The summed E-state index contributed by atoms with van der Waals surface area (Å²) < 4.78 is 0. The number of nitrogens with zero attached hydrogens (tertiary/aromatic N) is 1. The third-order valence-corrected chi connectivity index (χ3v) is 4.05. The first kappa shape index (κ1) is 15.8. The average Bonchev–Trinajstić information content (AvgIpc) is 3.07. The third-order valence-electron chi connectivity index (χ3n) is 4.05. The monoisotopic (exact) mass is 295 g/mol. The minimum Gasteiger partial charge on any atom is -0.344 e. The number of rotatable bonds is 5. The van der Waals surface area contributed by atoms with Crippen molar-refractivity contribution in [3.8, 4) is 0 Å². The van der Waals surface area contributed by atoms with E-state index in [2.05, 4.69) is 10.6 Å². The smallest absolute Gasteiger partial charge is 0.245 e. The van der Waals surface area contributed by atoms with Crippen molar-refractivity contribution in [3.63, 3.8) is 0 Å². The van der Waals surface area contributed by atoms with E-state index >= 15 is 0 Å². The van der Waals surface area contributed by atoms with Gasteiger partial charge in [-0.3, -0.25) is 14.4 Å². The van der Waals surface area contributed by atoms with E-state index in [0.717, 1.165) is 25.9 Å². The number of nitrogens with one attached hydrogen (secondary N) is 2. The Hall–Kier alpha value is -1.59. The van der Waals surface area contributed by atoms with E-state index < -0.39 is 12.1 Å². The predicted octanol–water partition coefficient (Wildman–Crippen LogP) is 0.418. The number of amides is 3. The SMILES string of the molecule is CC(C)C[C@H](NC(=O)[C@@H]1CCC(=O)N1)C(=O)N1CCCC1. The van der Waals surface area contributed by atoms with Gasteiger partial charge in [0.1, 0.15) is 12.1 Å².